The van der Waals surface area contributed by atoms with Gasteiger partial charge in [-0.05, 0) is 25.2 Å². The van der Waals surface area contributed by atoms with Crippen molar-refractivity contribution in [3.63, 3.8) is 0 Å². The summed E-state index contributed by atoms with van der Waals surface area (Å²) >= 11 is 0. The number of hydrogen-bond donors (Lipinski definition) is 0. The number of rotatable bonds is 0. The Balaban J connectivity index is 2.11. The van der Waals surface area contributed by atoms with Gasteiger partial charge in [-0.2, -0.15) is 0 Å². The van der Waals surface area contributed by atoms with E-state index in [1.54, 1.807) is 0 Å². The van der Waals surface area contributed by atoms with E-state index < -0.39 is 0 Å². The maximum atomic E-state index is 5.58. The molecule has 2 heterocycles. The summed E-state index contributed by atoms with van der Waals surface area (Å²) in [7, 11) is 0. The van der Waals surface area contributed by atoms with Gasteiger partial charge in [-0.25, -0.2) is 0 Å². The molecule has 2 aliphatic heterocycles. The summed E-state index contributed by atoms with van der Waals surface area (Å²) in [6.07, 6.45) is 5.26. The Labute approximate surface area is 50.0 Å². The van der Waals surface area contributed by atoms with Crippen LogP contribution < -0.4 is 0 Å². The quantitative estimate of drug-likeness (QED) is 0.462. The van der Waals surface area contributed by atoms with Crippen molar-refractivity contribution in [2.24, 2.45) is 5.92 Å². The lowest BCUT2D eigenvalue weighted by Crippen LogP contribution is -2.11. The van der Waals surface area contributed by atoms with Gasteiger partial charge in [0.25, 0.3) is 0 Å². The summed E-state index contributed by atoms with van der Waals surface area (Å²) in [5.41, 5.74) is 0. The first-order valence-corrected chi connectivity index (χ1v) is 3.52. The lowest BCUT2D eigenvalue weighted by atomic mass is 9.91. The number of ether oxygens (including phenoxy) is 1. The van der Waals surface area contributed by atoms with Crippen LogP contribution in [0.25, 0.3) is 0 Å². The molecule has 0 N–H and O–H groups in total. The summed E-state index contributed by atoms with van der Waals surface area (Å²) in [5.74, 6) is 0.855. The van der Waals surface area contributed by atoms with E-state index in [1.807, 2.05) is 0 Å². The molecule has 0 aromatic rings. The first kappa shape index (κ1) is 4.80. The maximum absolute atomic E-state index is 5.58. The van der Waals surface area contributed by atoms with Crippen LogP contribution in [0.5, 0.6) is 0 Å². The predicted molar refractivity (Wildman–Crippen MR) is 31.7 cm³/mol. The first-order chi connectivity index (χ1) is 3.86. The van der Waals surface area contributed by atoms with Crippen molar-refractivity contribution in [3.8, 4) is 0 Å². The summed E-state index contributed by atoms with van der Waals surface area (Å²) in [4.78, 5) is 0. The molecule has 2 aliphatic rings. The highest BCUT2D eigenvalue weighted by atomic mass is 16.5. The van der Waals surface area contributed by atoms with E-state index in [1.165, 1.54) is 19.3 Å². The Hall–Kier alpha value is -0.0400. The van der Waals surface area contributed by atoms with Gasteiger partial charge in [0, 0.05) is 0 Å². The van der Waals surface area contributed by atoms with Gasteiger partial charge >= 0.3 is 0 Å². The zero-order valence-electron chi connectivity index (χ0n) is 5.26. The Morgan fingerprint density at radius 2 is 2.25 bits per heavy atom. The van der Waals surface area contributed by atoms with E-state index in [0.717, 1.165) is 5.92 Å². The largest absolute Gasteiger partial charge is 0.375 e. The molecule has 3 unspecified atom stereocenters. The van der Waals surface area contributed by atoms with Crippen LogP contribution in [-0.4, -0.2) is 12.2 Å². The zero-order chi connectivity index (χ0) is 5.56. The molecule has 0 aliphatic carbocycles. The van der Waals surface area contributed by atoms with Gasteiger partial charge in [-0.1, -0.05) is 6.92 Å². The van der Waals surface area contributed by atoms with Crippen molar-refractivity contribution in [1.82, 2.24) is 0 Å². The summed E-state index contributed by atoms with van der Waals surface area (Å²) < 4.78 is 5.58. The van der Waals surface area contributed by atoms with Crippen molar-refractivity contribution < 1.29 is 4.74 Å². The highest BCUT2D eigenvalue weighted by Gasteiger charge is 2.37. The predicted octanol–water partition coefficient (Wildman–Crippen LogP) is 1.57. The molecule has 0 saturated carbocycles. The monoisotopic (exact) mass is 112 g/mol. The Kier molecular flexibility index (Phi) is 0.884. The minimum absolute atomic E-state index is 0.639. The number of fused-ring (bicyclic) bond motifs is 2. The molecule has 2 saturated heterocycles. The third-order valence-electron chi connectivity index (χ3n) is 2.41. The molecule has 8 heavy (non-hydrogen) atoms. The highest BCUT2D eigenvalue weighted by Crippen LogP contribution is 2.37. The van der Waals surface area contributed by atoms with Crippen LogP contribution in [0.15, 0.2) is 0 Å². The Morgan fingerprint density at radius 1 is 1.38 bits per heavy atom. The van der Waals surface area contributed by atoms with Crippen molar-refractivity contribution in [2.75, 3.05) is 0 Å². The summed E-state index contributed by atoms with van der Waals surface area (Å²) in [5, 5.41) is 0. The molecular formula is C7H12O. The maximum Gasteiger partial charge on any atom is 0.0606 e. The normalized spacial score (nSPS) is 52.9. The van der Waals surface area contributed by atoms with Gasteiger partial charge in [0.15, 0.2) is 0 Å². The van der Waals surface area contributed by atoms with E-state index in [0.29, 0.717) is 12.2 Å². The number of hydrogen-bond acceptors (Lipinski definition) is 1. The van der Waals surface area contributed by atoms with Crippen LogP contribution in [0.1, 0.15) is 26.2 Å². The van der Waals surface area contributed by atoms with E-state index in [4.69, 9.17) is 4.74 Å². The van der Waals surface area contributed by atoms with Crippen molar-refractivity contribution in [2.45, 2.75) is 38.4 Å². The van der Waals surface area contributed by atoms with Crippen LogP contribution in [0.3, 0.4) is 0 Å². The second-order valence-electron chi connectivity index (χ2n) is 3.09. The third kappa shape index (κ3) is 0.510. The fourth-order valence-corrected chi connectivity index (χ4v) is 1.89. The van der Waals surface area contributed by atoms with Crippen molar-refractivity contribution in [3.05, 3.63) is 0 Å². The molecule has 0 radical (unpaired) electrons. The fourth-order valence-electron chi connectivity index (χ4n) is 1.89. The standard InChI is InChI=1S/C7H12O/c1-5-4-6-2-3-7(5)8-6/h5-7H,2-4H2,1H3. The highest BCUT2D eigenvalue weighted by molar-refractivity contribution is 4.86. The van der Waals surface area contributed by atoms with Crippen molar-refractivity contribution >= 4 is 0 Å². The lowest BCUT2D eigenvalue weighted by molar-refractivity contribution is 0.0949. The molecule has 0 amide bonds. The SMILES string of the molecule is CC1CC2CCC1O2. The average molecular weight is 112 g/mol. The molecule has 0 spiro atoms. The van der Waals surface area contributed by atoms with E-state index in [2.05, 4.69) is 6.92 Å². The van der Waals surface area contributed by atoms with Crippen LogP contribution in [0.2, 0.25) is 0 Å². The molecule has 1 heteroatoms. The van der Waals surface area contributed by atoms with Crippen molar-refractivity contribution in [1.29, 1.82) is 0 Å². The first-order valence-electron chi connectivity index (χ1n) is 3.52. The van der Waals surface area contributed by atoms with Gasteiger partial charge < -0.3 is 4.74 Å². The van der Waals surface area contributed by atoms with Crippen LogP contribution in [0.4, 0.5) is 0 Å². The van der Waals surface area contributed by atoms with Gasteiger partial charge in [-0.3, -0.25) is 0 Å². The minimum atomic E-state index is 0.639. The van der Waals surface area contributed by atoms with Gasteiger partial charge in [-0.15, -0.1) is 0 Å². The molecule has 2 fully saturated rings. The van der Waals surface area contributed by atoms with E-state index >= 15 is 0 Å². The molecule has 46 valence electrons. The summed E-state index contributed by atoms with van der Waals surface area (Å²) in [6, 6.07) is 0. The van der Waals surface area contributed by atoms with Gasteiger partial charge in [0.2, 0.25) is 0 Å². The fraction of sp³-hybridized carbons (Fsp3) is 1.00. The smallest absolute Gasteiger partial charge is 0.0606 e. The van der Waals surface area contributed by atoms with E-state index in [-0.39, 0.29) is 0 Å². The molecular weight excluding hydrogens is 100 g/mol. The molecule has 0 aromatic heterocycles. The van der Waals surface area contributed by atoms with E-state index in [9.17, 15) is 0 Å². The van der Waals surface area contributed by atoms with Gasteiger partial charge in [0.1, 0.15) is 0 Å². The van der Waals surface area contributed by atoms with Crippen LogP contribution >= 0.6 is 0 Å². The molecule has 2 rings (SSSR count). The molecule has 3 atom stereocenters. The average Bonchev–Trinajstić information content (AvgIpc) is 2.23. The summed E-state index contributed by atoms with van der Waals surface area (Å²) in [6.45, 7) is 2.30. The van der Waals surface area contributed by atoms with Gasteiger partial charge in [0.05, 0.1) is 12.2 Å². The molecule has 2 bridgehead atoms. The minimum Gasteiger partial charge on any atom is -0.375 e. The lowest BCUT2D eigenvalue weighted by Gasteiger charge is -2.11. The second kappa shape index (κ2) is 1.47. The topological polar surface area (TPSA) is 9.23 Å². The Bertz CT molecular complexity index is 98.6. The second-order valence-corrected chi connectivity index (χ2v) is 3.09. The van der Waals surface area contributed by atoms with Crippen LogP contribution in [-0.2, 0) is 4.74 Å². The Morgan fingerprint density at radius 3 is 2.50 bits per heavy atom. The third-order valence-corrected chi connectivity index (χ3v) is 2.41. The van der Waals surface area contributed by atoms with Crippen LogP contribution in [0, 0.1) is 5.92 Å². The molecule has 0 aromatic carbocycles. The molecule has 1 nitrogen and oxygen atoms in total. The zero-order valence-corrected chi connectivity index (χ0v) is 5.26.